The number of thiol groups is 1. The highest BCUT2D eigenvalue weighted by molar-refractivity contribution is 7.80. The number of carboxylic acid groups (broad SMARTS) is 1. The first-order valence-electron chi connectivity index (χ1n) is 19.7. The molecule has 0 unspecified atom stereocenters. The first kappa shape index (κ1) is 54.3. The maximum Gasteiger partial charge on any atom is 0.327 e. The van der Waals surface area contributed by atoms with Gasteiger partial charge in [0.1, 0.15) is 36.3 Å². The van der Waals surface area contributed by atoms with Crippen LogP contribution in [0.25, 0.3) is 10.4 Å². The molecule has 6 amide bonds. The van der Waals surface area contributed by atoms with E-state index in [0.29, 0.717) is 19.4 Å². The largest absolute Gasteiger partial charge is 0.480 e. The van der Waals surface area contributed by atoms with Gasteiger partial charge in [0.25, 0.3) is 0 Å². The smallest absolute Gasteiger partial charge is 0.327 e. The van der Waals surface area contributed by atoms with Crippen molar-refractivity contribution in [2.45, 2.75) is 129 Å². The van der Waals surface area contributed by atoms with Crippen molar-refractivity contribution in [1.82, 2.24) is 37.3 Å². The topological polar surface area (TPSA) is 401 Å². The molecule has 60 heavy (non-hydrogen) atoms. The molecular weight excluding hydrogens is 805 g/mol. The first-order chi connectivity index (χ1) is 28.2. The van der Waals surface area contributed by atoms with Gasteiger partial charge in [-0.1, -0.05) is 27.7 Å². The molecule has 0 saturated carbocycles. The molecule has 0 aliphatic rings. The van der Waals surface area contributed by atoms with Crippen molar-refractivity contribution in [3.05, 3.63) is 10.4 Å². The van der Waals surface area contributed by atoms with Crippen molar-refractivity contribution in [3.63, 3.8) is 0 Å². The summed E-state index contributed by atoms with van der Waals surface area (Å²) in [7, 11) is 0. The second-order valence-corrected chi connectivity index (χ2v) is 15.2. The molecule has 0 aromatic carbocycles. The fraction of sp³-hybridized carbons (Fsp3) is 0.743. The summed E-state index contributed by atoms with van der Waals surface area (Å²) in [6, 6.07) is -7.22. The third kappa shape index (κ3) is 24.9. The Morgan fingerprint density at radius 2 is 0.967 bits per heavy atom. The zero-order chi connectivity index (χ0) is 45.8. The summed E-state index contributed by atoms with van der Waals surface area (Å²) in [5.41, 5.74) is 32.6. The number of azide groups is 1. The van der Waals surface area contributed by atoms with Crippen molar-refractivity contribution < 1.29 is 38.7 Å². The van der Waals surface area contributed by atoms with Crippen LogP contribution in [-0.2, 0) is 33.6 Å². The number of unbranched alkanes of at least 4 members (excludes halogenated alkanes) is 1. The molecular formula is C35H66N16O8S. The van der Waals surface area contributed by atoms with Gasteiger partial charge in [0, 0.05) is 25.8 Å². The normalized spacial score (nSPS) is 13.7. The van der Waals surface area contributed by atoms with E-state index in [-0.39, 0.29) is 87.5 Å². The number of carbonyl (C=O) groups excluding carboxylic acids is 6. The maximum absolute atomic E-state index is 14.0. The Balaban J connectivity index is 6.42. The van der Waals surface area contributed by atoms with E-state index >= 15 is 0 Å². The lowest BCUT2D eigenvalue weighted by molar-refractivity contribution is -0.141. The zero-order valence-electron chi connectivity index (χ0n) is 35.1. The molecule has 25 heteroatoms. The van der Waals surface area contributed by atoms with E-state index in [0.717, 1.165) is 0 Å². The maximum atomic E-state index is 14.0. The SMILES string of the molecule is CC(=O)N[C@@H](CCCCNN=[N+]=[N-])C(=O)N[C@@H](CCCN=C(N)N)C(=O)N[C@@H](CC(C)C)C(=O)N[C@@H](CC(C)C)C(=O)N[C@@H](CCCN=C(N)N)C(=O)N[C@H](CS)C(=O)O. The van der Waals surface area contributed by atoms with Gasteiger partial charge >= 0.3 is 5.97 Å². The number of carbonyl (C=O) groups is 7. The van der Waals surface area contributed by atoms with E-state index < -0.39 is 77.7 Å². The van der Waals surface area contributed by atoms with Crippen LogP contribution >= 0.6 is 12.6 Å². The lowest BCUT2D eigenvalue weighted by Crippen LogP contribution is -2.60. The van der Waals surface area contributed by atoms with E-state index in [1.54, 1.807) is 0 Å². The summed E-state index contributed by atoms with van der Waals surface area (Å²) in [4.78, 5) is 102. The number of nitrogens with two attached hydrogens (primary N) is 4. The Labute approximate surface area is 355 Å². The van der Waals surface area contributed by atoms with Gasteiger partial charge in [0.15, 0.2) is 11.9 Å². The molecule has 16 N–H and O–H groups in total. The van der Waals surface area contributed by atoms with Gasteiger partial charge in [-0.05, 0) is 74.8 Å². The Bertz CT molecular complexity index is 1520. The number of amides is 6. The third-order valence-corrected chi connectivity index (χ3v) is 8.84. The molecule has 0 aromatic heterocycles. The number of hydrogen-bond acceptors (Lipinski definition) is 11. The monoisotopic (exact) mass is 870 g/mol. The fourth-order valence-corrected chi connectivity index (χ4v) is 5.89. The number of aliphatic carboxylic acids is 1. The van der Waals surface area contributed by atoms with Gasteiger partial charge in [0.2, 0.25) is 35.4 Å². The third-order valence-electron chi connectivity index (χ3n) is 8.47. The van der Waals surface area contributed by atoms with Crippen molar-refractivity contribution in [2.75, 3.05) is 25.4 Å². The number of hydrogen-bond donors (Lipinski definition) is 13. The molecule has 0 saturated heterocycles. The van der Waals surface area contributed by atoms with Crippen LogP contribution in [0.3, 0.4) is 0 Å². The summed E-state index contributed by atoms with van der Waals surface area (Å²) in [5.74, 6) is -6.31. The van der Waals surface area contributed by atoms with E-state index in [2.05, 4.69) is 70.1 Å². The second-order valence-electron chi connectivity index (χ2n) is 14.8. The minimum absolute atomic E-state index is 0.00928. The number of guanidine groups is 2. The number of aliphatic imine (C=N–C) groups is 2. The van der Waals surface area contributed by atoms with E-state index in [1.165, 1.54) is 6.92 Å². The minimum atomic E-state index is -1.35. The molecule has 0 heterocycles. The highest BCUT2D eigenvalue weighted by Gasteiger charge is 2.33. The van der Waals surface area contributed by atoms with Crippen molar-refractivity contribution in [1.29, 1.82) is 0 Å². The predicted octanol–water partition coefficient (Wildman–Crippen LogP) is -1.89. The Morgan fingerprint density at radius 3 is 1.32 bits per heavy atom. The zero-order valence-corrected chi connectivity index (χ0v) is 36.0. The summed E-state index contributed by atoms with van der Waals surface area (Å²) in [5, 5.41) is 28.4. The van der Waals surface area contributed by atoms with Crippen molar-refractivity contribution in [3.8, 4) is 0 Å². The molecule has 6 atom stereocenters. The van der Waals surface area contributed by atoms with Crippen LogP contribution in [-0.4, -0.2) is 120 Å². The number of carboxylic acids is 1. The Kier molecular flexibility index (Phi) is 27.5. The van der Waals surface area contributed by atoms with Crippen LogP contribution < -0.4 is 60.3 Å². The molecule has 0 rings (SSSR count). The molecule has 0 radical (unpaired) electrons. The highest BCUT2D eigenvalue weighted by Crippen LogP contribution is 2.12. The van der Waals surface area contributed by atoms with Gasteiger partial charge in [0.05, 0.1) is 6.54 Å². The van der Waals surface area contributed by atoms with E-state index in [4.69, 9.17) is 28.5 Å². The van der Waals surface area contributed by atoms with Gasteiger partial charge in [-0.3, -0.25) is 44.2 Å². The highest BCUT2D eigenvalue weighted by atomic mass is 32.1. The summed E-state index contributed by atoms with van der Waals surface area (Å²) >= 11 is 3.98. The molecule has 24 nitrogen and oxygen atoms in total. The van der Waals surface area contributed by atoms with Gasteiger partial charge in [-0.25, -0.2) is 4.79 Å². The number of rotatable bonds is 31. The fourth-order valence-electron chi connectivity index (χ4n) is 5.65. The van der Waals surface area contributed by atoms with Crippen LogP contribution in [0.4, 0.5) is 0 Å². The van der Waals surface area contributed by atoms with Gasteiger partial charge in [-0.2, -0.15) is 17.5 Å². The van der Waals surface area contributed by atoms with Gasteiger partial charge < -0.3 is 59.9 Å². The molecule has 0 fully saturated rings. The summed E-state index contributed by atoms with van der Waals surface area (Å²) < 4.78 is 0. The molecule has 0 aliphatic carbocycles. The molecule has 0 aromatic rings. The summed E-state index contributed by atoms with van der Waals surface area (Å²) in [6.07, 6.45) is 1.89. The average molecular weight is 871 g/mol. The number of nitrogens with one attached hydrogen (secondary N) is 7. The van der Waals surface area contributed by atoms with Crippen molar-refractivity contribution >= 4 is 66.0 Å². The summed E-state index contributed by atoms with van der Waals surface area (Å²) in [6.45, 7) is 9.07. The predicted molar refractivity (Wildman–Crippen MR) is 228 cm³/mol. The second kappa shape index (κ2) is 30.3. The molecule has 0 spiro atoms. The Hall–Kier alpha value is -5.71. The van der Waals surface area contributed by atoms with Crippen LogP contribution in [0.2, 0.25) is 0 Å². The molecule has 340 valence electrons. The lowest BCUT2D eigenvalue weighted by Gasteiger charge is -2.28. The number of nitrogens with zero attached hydrogens (tertiary/aromatic N) is 5. The van der Waals surface area contributed by atoms with Gasteiger partial charge in [-0.15, -0.1) is 5.53 Å². The standard InChI is InChI=1S/C35H66N16O8S/c1-19(2)16-25(31(56)46-24(12-9-14-42-35(38)39)30(55)49-27(18-60)33(58)59)48-32(57)26(17-20(3)4)47-29(54)23(11-8-13-41-34(36)37)45-28(53)22(44-21(5)52)10-6-7-15-43-51-50-40/h19-20,22-27,43,60H,6-18H2,1-5H3,(H,44,52)(H,45,53)(H,46,56)(H,47,54)(H,48,57)(H,49,55)(H,58,59)(H4,36,37,41)(H4,38,39,42)/t22-,23-,24-,25-,26-,27+/m0/s1. The van der Waals surface area contributed by atoms with E-state index in [9.17, 15) is 38.7 Å². The quantitative estimate of drug-likeness (QED) is 0.00531. The van der Waals surface area contributed by atoms with Crippen LogP contribution in [0.1, 0.15) is 92.4 Å². The van der Waals surface area contributed by atoms with Crippen LogP contribution in [0, 0.1) is 11.8 Å². The Morgan fingerprint density at radius 1 is 0.600 bits per heavy atom. The van der Waals surface area contributed by atoms with Crippen LogP contribution in [0.5, 0.6) is 0 Å². The van der Waals surface area contributed by atoms with Crippen LogP contribution in [0.15, 0.2) is 15.2 Å². The van der Waals surface area contributed by atoms with Crippen molar-refractivity contribution in [2.24, 2.45) is 50.0 Å². The lowest BCUT2D eigenvalue weighted by atomic mass is 9.99. The van der Waals surface area contributed by atoms with E-state index in [1.807, 2.05) is 27.7 Å². The molecule has 0 aliphatic heterocycles. The average Bonchev–Trinajstić information content (AvgIpc) is 3.15. The minimum Gasteiger partial charge on any atom is -0.480 e. The molecule has 0 bridgehead atoms. The first-order valence-corrected chi connectivity index (χ1v) is 20.4.